The molecule has 1 aromatic carbocycles. The molecule has 0 saturated carbocycles. The van der Waals surface area contributed by atoms with E-state index in [0.29, 0.717) is 27.4 Å². The lowest BCUT2D eigenvalue weighted by atomic mass is 10.3. The van der Waals surface area contributed by atoms with Crippen molar-refractivity contribution >= 4 is 35.0 Å². The van der Waals surface area contributed by atoms with Crippen molar-refractivity contribution in [3.63, 3.8) is 0 Å². The number of thioether (sulfide) groups is 1. The first kappa shape index (κ1) is 15.0. The summed E-state index contributed by atoms with van der Waals surface area (Å²) in [6.45, 7) is 2.02. The largest absolute Gasteiger partial charge is 0.439 e. The van der Waals surface area contributed by atoms with E-state index in [0.717, 1.165) is 10.6 Å². The zero-order chi connectivity index (χ0) is 14.5. The fraction of sp³-hybridized carbons (Fsp3) is 0.143. The zero-order valence-electron chi connectivity index (χ0n) is 10.6. The summed E-state index contributed by atoms with van der Waals surface area (Å²) < 4.78 is 5.58. The molecule has 0 aliphatic carbocycles. The van der Waals surface area contributed by atoms with E-state index in [1.807, 2.05) is 13.0 Å². The molecule has 102 valence electrons. The van der Waals surface area contributed by atoms with Gasteiger partial charge in [0.05, 0.1) is 10.0 Å². The van der Waals surface area contributed by atoms with Crippen LogP contribution in [0.2, 0.25) is 10.0 Å². The molecule has 0 bridgehead atoms. The van der Waals surface area contributed by atoms with Gasteiger partial charge in [-0.05, 0) is 24.0 Å². The van der Waals surface area contributed by atoms with Crippen LogP contribution in [0.4, 0.5) is 0 Å². The number of aromatic nitrogens is 1. The molecule has 0 N–H and O–H groups in total. The molecule has 0 spiro atoms. The summed E-state index contributed by atoms with van der Waals surface area (Å²) in [6, 6.07) is 10.6. The van der Waals surface area contributed by atoms with Crippen molar-refractivity contribution in [3.8, 4) is 17.7 Å². The van der Waals surface area contributed by atoms with Gasteiger partial charge in [0.15, 0.2) is 5.69 Å². The normalized spacial score (nSPS) is 10.1. The third-order valence-electron chi connectivity index (χ3n) is 2.35. The molecular weight excluding hydrogens is 315 g/mol. The summed E-state index contributed by atoms with van der Waals surface area (Å²) in [4.78, 5) is 5.02. The highest BCUT2D eigenvalue weighted by Crippen LogP contribution is 2.30. The van der Waals surface area contributed by atoms with Crippen LogP contribution in [0.25, 0.3) is 0 Å². The standard InChI is InChI=1S/C14H10Cl2N2OS/c1-2-20-13-5-6-14(18-12(13)8-17)19-9-3-4-10(15)11(16)7-9/h3-7H,2H2,1H3. The van der Waals surface area contributed by atoms with Gasteiger partial charge in [-0.2, -0.15) is 5.26 Å². The molecule has 0 atom stereocenters. The van der Waals surface area contributed by atoms with Gasteiger partial charge >= 0.3 is 0 Å². The van der Waals surface area contributed by atoms with Crippen LogP contribution in [0, 0.1) is 11.3 Å². The Balaban J connectivity index is 2.25. The molecule has 3 nitrogen and oxygen atoms in total. The third-order valence-corrected chi connectivity index (χ3v) is 4.02. The van der Waals surface area contributed by atoms with Crippen LogP contribution in [0.1, 0.15) is 12.6 Å². The second-order valence-corrected chi connectivity index (χ2v) is 5.84. The number of hydrogen-bond donors (Lipinski definition) is 0. The van der Waals surface area contributed by atoms with Crippen LogP contribution in [-0.2, 0) is 0 Å². The average molecular weight is 325 g/mol. The van der Waals surface area contributed by atoms with E-state index in [9.17, 15) is 0 Å². The van der Waals surface area contributed by atoms with Gasteiger partial charge < -0.3 is 4.74 Å². The van der Waals surface area contributed by atoms with Crippen molar-refractivity contribution in [1.29, 1.82) is 5.26 Å². The minimum atomic E-state index is 0.348. The van der Waals surface area contributed by atoms with Crippen molar-refractivity contribution in [2.45, 2.75) is 11.8 Å². The van der Waals surface area contributed by atoms with Crippen LogP contribution < -0.4 is 4.74 Å². The Labute approximate surface area is 131 Å². The van der Waals surface area contributed by atoms with Gasteiger partial charge in [-0.1, -0.05) is 30.1 Å². The summed E-state index contributed by atoms with van der Waals surface area (Å²) in [5.41, 5.74) is 0.356. The maximum Gasteiger partial charge on any atom is 0.220 e. The maximum absolute atomic E-state index is 9.10. The number of nitrogens with zero attached hydrogens (tertiary/aromatic N) is 2. The van der Waals surface area contributed by atoms with Gasteiger partial charge in [-0.25, -0.2) is 4.98 Å². The van der Waals surface area contributed by atoms with E-state index < -0.39 is 0 Å². The summed E-state index contributed by atoms with van der Waals surface area (Å²) in [6.07, 6.45) is 0. The first-order valence-corrected chi connectivity index (χ1v) is 7.55. The molecule has 0 aliphatic heterocycles. The van der Waals surface area contributed by atoms with Gasteiger partial charge in [0.25, 0.3) is 0 Å². The Morgan fingerprint density at radius 3 is 2.70 bits per heavy atom. The number of nitriles is 1. The summed E-state index contributed by atoms with van der Waals surface area (Å²) in [7, 11) is 0. The van der Waals surface area contributed by atoms with Crippen LogP contribution in [0.3, 0.4) is 0 Å². The Morgan fingerprint density at radius 2 is 2.05 bits per heavy atom. The molecule has 1 aromatic heterocycles. The van der Waals surface area contributed by atoms with E-state index in [4.69, 9.17) is 33.2 Å². The van der Waals surface area contributed by atoms with E-state index in [1.54, 1.807) is 36.0 Å². The van der Waals surface area contributed by atoms with Gasteiger partial charge in [-0.3, -0.25) is 0 Å². The van der Waals surface area contributed by atoms with Gasteiger partial charge in [0, 0.05) is 17.0 Å². The summed E-state index contributed by atoms with van der Waals surface area (Å²) >= 11 is 13.3. The lowest BCUT2D eigenvalue weighted by Gasteiger charge is -2.07. The van der Waals surface area contributed by atoms with Gasteiger partial charge in [0.1, 0.15) is 11.8 Å². The Bertz CT molecular complexity index is 671. The summed E-state index contributed by atoms with van der Waals surface area (Å²) in [5.74, 6) is 1.75. The highest BCUT2D eigenvalue weighted by Gasteiger charge is 2.08. The molecule has 2 rings (SSSR count). The second-order valence-electron chi connectivity index (χ2n) is 3.72. The number of ether oxygens (including phenoxy) is 1. The quantitative estimate of drug-likeness (QED) is 0.728. The predicted molar refractivity (Wildman–Crippen MR) is 81.9 cm³/mol. The Morgan fingerprint density at radius 1 is 1.25 bits per heavy atom. The number of hydrogen-bond acceptors (Lipinski definition) is 4. The van der Waals surface area contributed by atoms with Crippen molar-refractivity contribution in [3.05, 3.63) is 46.1 Å². The Kier molecular flexibility index (Phi) is 5.13. The molecule has 0 fully saturated rings. The van der Waals surface area contributed by atoms with Crippen LogP contribution in [-0.4, -0.2) is 10.7 Å². The molecule has 2 aromatic rings. The molecular formula is C14H10Cl2N2OS. The second kappa shape index (κ2) is 6.85. The Hall–Kier alpha value is -1.41. The first-order valence-electron chi connectivity index (χ1n) is 5.81. The average Bonchev–Trinajstić information content (AvgIpc) is 2.45. The number of rotatable bonds is 4. The monoisotopic (exact) mass is 324 g/mol. The minimum absolute atomic E-state index is 0.348. The van der Waals surface area contributed by atoms with Crippen molar-refractivity contribution in [1.82, 2.24) is 4.98 Å². The number of halogens is 2. The molecule has 0 saturated heterocycles. The number of pyridine rings is 1. The SMILES string of the molecule is CCSc1ccc(Oc2ccc(Cl)c(Cl)c2)nc1C#N. The van der Waals surface area contributed by atoms with E-state index in [-0.39, 0.29) is 0 Å². The van der Waals surface area contributed by atoms with Crippen molar-refractivity contribution < 1.29 is 4.74 Å². The smallest absolute Gasteiger partial charge is 0.220 e. The molecule has 1 heterocycles. The molecule has 0 amide bonds. The lowest BCUT2D eigenvalue weighted by Crippen LogP contribution is -1.93. The van der Waals surface area contributed by atoms with Gasteiger partial charge in [0.2, 0.25) is 5.88 Å². The molecule has 0 unspecified atom stereocenters. The van der Waals surface area contributed by atoms with Gasteiger partial charge in [-0.15, -0.1) is 11.8 Å². The topological polar surface area (TPSA) is 45.9 Å². The molecule has 6 heteroatoms. The molecule has 0 aliphatic rings. The highest BCUT2D eigenvalue weighted by molar-refractivity contribution is 7.99. The fourth-order valence-corrected chi connectivity index (χ4v) is 2.49. The number of benzene rings is 1. The first-order chi connectivity index (χ1) is 9.63. The predicted octanol–water partition coefficient (Wildman–Crippen LogP) is 5.16. The zero-order valence-corrected chi connectivity index (χ0v) is 12.9. The molecule has 20 heavy (non-hydrogen) atoms. The molecule has 0 radical (unpaired) electrons. The highest BCUT2D eigenvalue weighted by atomic mass is 35.5. The van der Waals surface area contributed by atoms with Crippen LogP contribution in [0.15, 0.2) is 35.2 Å². The minimum Gasteiger partial charge on any atom is -0.439 e. The van der Waals surface area contributed by atoms with Crippen LogP contribution >= 0.6 is 35.0 Å². The van der Waals surface area contributed by atoms with E-state index in [2.05, 4.69) is 11.1 Å². The lowest BCUT2D eigenvalue weighted by molar-refractivity contribution is 0.461. The van der Waals surface area contributed by atoms with E-state index in [1.165, 1.54) is 0 Å². The van der Waals surface area contributed by atoms with Crippen molar-refractivity contribution in [2.75, 3.05) is 5.75 Å². The van der Waals surface area contributed by atoms with Crippen molar-refractivity contribution in [2.24, 2.45) is 0 Å². The van der Waals surface area contributed by atoms with E-state index >= 15 is 0 Å². The summed E-state index contributed by atoms with van der Waals surface area (Å²) in [5, 5.41) is 9.96. The maximum atomic E-state index is 9.10. The third kappa shape index (κ3) is 3.57. The van der Waals surface area contributed by atoms with Crippen LogP contribution in [0.5, 0.6) is 11.6 Å². The fourth-order valence-electron chi connectivity index (χ4n) is 1.50.